The lowest BCUT2D eigenvalue weighted by Gasteiger charge is -2.28. The van der Waals surface area contributed by atoms with Crippen LogP contribution in [-0.2, 0) is 4.79 Å². The molecule has 4 nitrogen and oxygen atoms in total. The third-order valence-electron chi connectivity index (χ3n) is 3.48. The molecule has 0 aromatic heterocycles. The number of hydrogen-bond donors (Lipinski definition) is 3. The summed E-state index contributed by atoms with van der Waals surface area (Å²) in [6, 6.07) is 0.323. The van der Waals surface area contributed by atoms with Gasteiger partial charge in [0.2, 0.25) is 5.91 Å². The van der Waals surface area contributed by atoms with Crippen molar-refractivity contribution in [3.63, 3.8) is 0 Å². The maximum Gasteiger partial charge on any atom is 0.221 e. The average molecular weight is 259 g/mol. The number of amides is 1. The van der Waals surface area contributed by atoms with Crippen LogP contribution in [0.5, 0.6) is 0 Å². The van der Waals surface area contributed by atoms with Gasteiger partial charge in [0.15, 0.2) is 0 Å². The first-order chi connectivity index (χ1) is 8.09. The van der Waals surface area contributed by atoms with Crippen molar-refractivity contribution in [2.45, 2.75) is 44.7 Å². The van der Waals surface area contributed by atoms with Gasteiger partial charge in [-0.25, -0.2) is 0 Å². The lowest BCUT2D eigenvalue weighted by molar-refractivity contribution is -0.121. The predicted molar refractivity (Wildman–Crippen MR) is 74.2 cm³/mol. The summed E-state index contributed by atoms with van der Waals surface area (Å²) in [6.45, 7) is 5.72. The van der Waals surface area contributed by atoms with E-state index in [4.69, 9.17) is 5.73 Å². The quantitative estimate of drug-likeness (QED) is 0.657. The molecule has 1 unspecified atom stereocenters. The molecule has 1 amide bonds. The standard InChI is InChI=1S/C12H25N3OS/c1-3-12(13,4-2)9-15-11(16)7-10-8-17-6-5-14-10/h10,14H,3-9,13H2,1-2H3,(H,15,16). The Balaban J connectivity index is 2.24. The summed E-state index contributed by atoms with van der Waals surface area (Å²) in [5.41, 5.74) is 5.90. The van der Waals surface area contributed by atoms with Crippen molar-refractivity contribution in [2.24, 2.45) is 5.73 Å². The molecule has 0 radical (unpaired) electrons. The van der Waals surface area contributed by atoms with Gasteiger partial charge in [0.05, 0.1) is 0 Å². The van der Waals surface area contributed by atoms with Gasteiger partial charge in [0.1, 0.15) is 0 Å². The fraction of sp³-hybridized carbons (Fsp3) is 0.917. The number of thioether (sulfide) groups is 1. The van der Waals surface area contributed by atoms with Crippen molar-refractivity contribution in [1.29, 1.82) is 0 Å². The molecule has 5 heteroatoms. The maximum absolute atomic E-state index is 11.8. The molecule has 1 rings (SSSR count). The molecule has 1 saturated heterocycles. The fourth-order valence-electron chi connectivity index (χ4n) is 1.82. The zero-order valence-corrected chi connectivity index (χ0v) is 11.7. The van der Waals surface area contributed by atoms with Crippen LogP contribution < -0.4 is 16.4 Å². The van der Waals surface area contributed by atoms with Crippen LogP contribution in [-0.4, -0.2) is 42.1 Å². The van der Waals surface area contributed by atoms with Gasteiger partial charge >= 0.3 is 0 Å². The molecule has 1 fully saturated rings. The first kappa shape index (κ1) is 14.8. The number of nitrogens with one attached hydrogen (secondary N) is 2. The number of carbonyl (C=O) groups is 1. The minimum absolute atomic E-state index is 0.113. The van der Waals surface area contributed by atoms with Crippen molar-refractivity contribution in [2.75, 3.05) is 24.6 Å². The Bertz CT molecular complexity index is 238. The second-order valence-electron chi connectivity index (χ2n) is 4.78. The minimum Gasteiger partial charge on any atom is -0.354 e. The molecule has 0 spiro atoms. The van der Waals surface area contributed by atoms with Gasteiger partial charge in [-0.05, 0) is 12.8 Å². The molecule has 4 N–H and O–H groups in total. The lowest BCUT2D eigenvalue weighted by Crippen LogP contribution is -2.50. The van der Waals surface area contributed by atoms with Crippen LogP contribution in [0.1, 0.15) is 33.1 Å². The van der Waals surface area contributed by atoms with Crippen molar-refractivity contribution in [3.8, 4) is 0 Å². The van der Waals surface area contributed by atoms with E-state index in [0.29, 0.717) is 19.0 Å². The van der Waals surface area contributed by atoms with E-state index in [-0.39, 0.29) is 11.4 Å². The van der Waals surface area contributed by atoms with Crippen molar-refractivity contribution < 1.29 is 4.79 Å². The second-order valence-corrected chi connectivity index (χ2v) is 5.93. The molecule has 0 aromatic carbocycles. The van der Waals surface area contributed by atoms with E-state index in [9.17, 15) is 4.79 Å². The largest absolute Gasteiger partial charge is 0.354 e. The van der Waals surface area contributed by atoms with Crippen molar-refractivity contribution in [1.82, 2.24) is 10.6 Å². The van der Waals surface area contributed by atoms with E-state index in [0.717, 1.165) is 30.9 Å². The molecule has 1 heterocycles. The zero-order valence-electron chi connectivity index (χ0n) is 10.9. The second kappa shape index (κ2) is 7.24. The van der Waals surface area contributed by atoms with E-state index in [1.165, 1.54) is 0 Å². The monoisotopic (exact) mass is 259 g/mol. The van der Waals surface area contributed by atoms with E-state index < -0.39 is 0 Å². The Hall–Kier alpha value is -0.260. The van der Waals surface area contributed by atoms with Crippen LogP contribution in [0.15, 0.2) is 0 Å². The molecule has 17 heavy (non-hydrogen) atoms. The summed E-state index contributed by atoms with van der Waals surface area (Å²) in [6.07, 6.45) is 2.35. The predicted octanol–water partition coefficient (Wildman–Crippen LogP) is 0.715. The summed E-state index contributed by atoms with van der Waals surface area (Å²) < 4.78 is 0. The third kappa shape index (κ3) is 5.27. The van der Waals surface area contributed by atoms with E-state index >= 15 is 0 Å². The zero-order chi connectivity index (χ0) is 12.7. The fourth-order valence-corrected chi connectivity index (χ4v) is 2.77. The molecule has 0 saturated carbocycles. The summed E-state index contributed by atoms with van der Waals surface area (Å²) in [5, 5.41) is 6.32. The van der Waals surface area contributed by atoms with Gasteiger partial charge in [-0.15, -0.1) is 0 Å². The number of hydrogen-bond acceptors (Lipinski definition) is 4. The normalized spacial score (nSPS) is 21.2. The van der Waals surface area contributed by atoms with Crippen molar-refractivity contribution >= 4 is 17.7 Å². The van der Waals surface area contributed by atoms with Crippen LogP contribution in [0.25, 0.3) is 0 Å². The molecular formula is C12H25N3OS. The summed E-state index contributed by atoms with van der Waals surface area (Å²) in [7, 11) is 0. The number of nitrogens with two attached hydrogens (primary N) is 1. The molecule has 1 atom stereocenters. The Labute approximate surface area is 108 Å². The van der Waals surface area contributed by atoms with Crippen LogP contribution in [0.4, 0.5) is 0 Å². The first-order valence-corrected chi connectivity index (χ1v) is 7.62. The van der Waals surface area contributed by atoms with Gasteiger partial charge in [0, 0.05) is 42.6 Å². The molecule has 1 aliphatic rings. The lowest BCUT2D eigenvalue weighted by atomic mass is 9.94. The topological polar surface area (TPSA) is 67.1 Å². The first-order valence-electron chi connectivity index (χ1n) is 6.46. The van der Waals surface area contributed by atoms with E-state index in [1.807, 2.05) is 11.8 Å². The van der Waals surface area contributed by atoms with Gasteiger partial charge in [-0.2, -0.15) is 11.8 Å². The summed E-state index contributed by atoms with van der Waals surface area (Å²) in [4.78, 5) is 11.8. The number of carbonyl (C=O) groups excluding carboxylic acids is 1. The minimum atomic E-state index is -0.246. The highest BCUT2D eigenvalue weighted by molar-refractivity contribution is 7.99. The highest BCUT2D eigenvalue weighted by Gasteiger charge is 2.22. The molecule has 0 aromatic rings. The SMILES string of the molecule is CCC(N)(CC)CNC(=O)CC1CSCCN1. The Kier molecular flexibility index (Phi) is 6.30. The highest BCUT2D eigenvalue weighted by Crippen LogP contribution is 2.11. The van der Waals surface area contributed by atoms with E-state index in [2.05, 4.69) is 24.5 Å². The maximum atomic E-state index is 11.8. The van der Waals surface area contributed by atoms with E-state index in [1.54, 1.807) is 0 Å². The van der Waals surface area contributed by atoms with Gasteiger partial charge in [-0.3, -0.25) is 4.79 Å². The Morgan fingerprint density at radius 1 is 1.53 bits per heavy atom. The van der Waals surface area contributed by atoms with Crippen LogP contribution >= 0.6 is 11.8 Å². The number of rotatable bonds is 6. The van der Waals surface area contributed by atoms with Gasteiger partial charge < -0.3 is 16.4 Å². The molecule has 0 bridgehead atoms. The summed E-state index contributed by atoms with van der Waals surface area (Å²) in [5.74, 6) is 2.29. The third-order valence-corrected chi connectivity index (χ3v) is 4.61. The Morgan fingerprint density at radius 3 is 2.76 bits per heavy atom. The summed E-state index contributed by atoms with van der Waals surface area (Å²) >= 11 is 1.91. The van der Waals surface area contributed by atoms with Crippen LogP contribution in [0.2, 0.25) is 0 Å². The van der Waals surface area contributed by atoms with Crippen molar-refractivity contribution in [3.05, 3.63) is 0 Å². The van der Waals surface area contributed by atoms with Gasteiger partial charge in [-0.1, -0.05) is 13.8 Å². The average Bonchev–Trinajstić information content (AvgIpc) is 2.37. The molecule has 0 aliphatic carbocycles. The molecular weight excluding hydrogens is 234 g/mol. The van der Waals surface area contributed by atoms with Crippen LogP contribution in [0.3, 0.4) is 0 Å². The smallest absolute Gasteiger partial charge is 0.221 e. The van der Waals surface area contributed by atoms with Gasteiger partial charge in [0.25, 0.3) is 0 Å². The molecule has 1 aliphatic heterocycles. The highest BCUT2D eigenvalue weighted by atomic mass is 32.2. The van der Waals surface area contributed by atoms with Crippen LogP contribution in [0, 0.1) is 0 Å². The molecule has 100 valence electrons. The Morgan fingerprint density at radius 2 is 2.24 bits per heavy atom.